The van der Waals surface area contributed by atoms with E-state index in [-0.39, 0.29) is 5.78 Å². The fraction of sp³-hybridized carbons (Fsp3) is 0.111. The van der Waals surface area contributed by atoms with Crippen molar-refractivity contribution in [1.29, 1.82) is 0 Å². The standard InChI is InChI=1S/C27H23NO2/c1-30-27-24(18-23(19-28-27)21-13-7-3-8-14-21)26(22-15-9-4-10-16-22)25(29)17-20-11-5-2-6-12-20/h2-16,18-19,26H,17H2,1H3. The van der Waals surface area contributed by atoms with Gasteiger partial charge >= 0.3 is 0 Å². The highest BCUT2D eigenvalue weighted by Gasteiger charge is 2.27. The Hall–Kier alpha value is -3.72. The molecule has 0 aliphatic carbocycles. The number of hydrogen-bond donors (Lipinski definition) is 0. The van der Waals surface area contributed by atoms with E-state index in [2.05, 4.69) is 4.98 Å². The predicted molar refractivity (Wildman–Crippen MR) is 120 cm³/mol. The van der Waals surface area contributed by atoms with Gasteiger partial charge in [-0.3, -0.25) is 4.79 Å². The molecule has 0 saturated heterocycles. The van der Waals surface area contributed by atoms with Crippen LogP contribution in [0.1, 0.15) is 22.6 Å². The zero-order valence-corrected chi connectivity index (χ0v) is 16.9. The van der Waals surface area contributed by atoms with Crippen LogP contribution >= 0.6 is 0 Å². The Kier molecular flexibility index (Phi) is 6.00. The number of aromatic nitrogens is 1. The van der Waals surface area contributed by atoms with Crippen molar-refractivity contribution in [2.75, 3.05) is 7.11 Å². The Balaban J connectivity index is 1.81. The van der Waals surface area contributed by atoms with Crippen LogP contribution in [0.5, 0.6) is 5.88 Å². The van der Waals surface area contributed by atoms with Gasteiger partial charge in [-0.25, -0.2) is 4.98 Å². The van der Waals surface area contributed by atoms with E-state index in [1.807, 2.05) is 97.1 Å². The highest BCUT2D eigenvalue weighted by atomic mass is 16.5. The summed E-state index contributed by atoms with van der Waals surface area (Å²) in [5.74, 6) is 0.125. The van der Waals surface area contributed by atoms with Gasteiger partial charge in [0.2, 0.25) is 5.88 Å². The molecule has 0 amide bonds. The van der Waals surface area contributed by atoms with E-state index in [9.17, 15) is 4.79 Å². The smallest absolute Gasteiger partial charge is 0.217 e. The summed E-state index contributed by atoms with van der Waals surface area (Å²) in [6.07, 6.45) is 2.14. The summed E-state index contributed by atoms with van der Waals surface area (Å²) in [4.78, 5) is 18.1. The molecule has 4 aromatic rings. The van der Waals surface area contributed by atoms with Crippen molar-refractivity contribution in [2.24, 2.45) is 0 Å². The minimum Gasteiger partial charge on any atom is -0.481 e. The molecule has 1 aromatic heterocycles. The normalized spacial score (nSPS) is 11.6. The van der Waals surface area contributed by atoms with E-state index in [4.69, 9.17) is 4.74 Å². The lowest BCUT2D eigenvalue weighted by atomic mass is 9.84. The molecule has 0 radical (unpaired) electrons. The topological polar surface area (TPSA) is 39.2 Å². The van der Waals surface area contributed by atoms with Crippen molar-refractivity contribution in [3.63, 3.8) is 0 Å². The van der Waals surface area contributed by atoms with Gasteiger partial charge in [0.25, 0.3) is 0 Å². The van der Waals surface area contributed by atoms with E-state index >= 15 is 0 Å². The van der Waals surface area contributed by atoms with Crippen molar-refractivity contribution in [1.82, 2.24) is 4.98 Å². The van der Waals surface area contributed by atoms with Crippen molar-refractivity contribution < 1.29 is 9.53 Å². The minimum atomic E-state index is -0.461. The summed E-state index contributed by atoms with van der Waals surface area (Å²) in [6.45, 7) is 0. The summed E-state index contributed by atoms with van der Waals surface area (Å²) >= 11 is 0. The van der Waals surface area contributed by atoms with Crippen LogP contribution in [0.3, 0.4) is 0 Å². The Bertz CT molecular complexity index is 1110. The molecule has 148 valence electrons. The number of pyridine rings is 1. The third-order valence-corrected chi connectivity index (χ3v) is 5.17. The number of methoxy groups -OCH3 is 1. The van der Waals surface area contributed by atoms with Crippen LogP contribution in [0.2, 0.25) is 0 Å². The molecule has 0 bridgehead atoms. The average molecular weight is 393 g/mol. The maximum Gasteiger partial charge on any atom is 0.217 e. The van der Waals surface area contributed by atoms with Crippen LogP contribution < -0.4 is 4.74 Å². The molecule has 4 rings (SSSR count). The monoisotopic (exact) mass is 393 g/mol. The van der Waals surface area contributed by atoms with Gasteiger partial charge in [0.1, 0.15) is 5.78 Å². The lowest BCUT2D eigenvalue weighted by Gasteiger charge is -2.20. The third-order valence-electron chi connectivity index (χ3n) is 5.17. The summed E-state index contributed by atoms with van der Waals surface area (Å²) in [6, 6.07) is 31.8. The summed E-state index contributed by atoms with van der Waals surface area (Å²) < 4.78 is 5.58. The first-order chi connectivity index (χ1) is 14.8. The van der Waals surface area contributed by atoms with Gasteiger partial charge in [0, 0.05) is 23.7 Å². The van der Waals surface area contributed by atoms with E-state index in [0.717, 1.165) is 27.8 Å². The zero-order chi connectivity index (χ0) is 20.8. The van der Waals surface area contributed by atoms with E-state index < -0.39 is 5.92 Å². The second-order valence-corrected chi connectivity index (χ2v) is 7.16. The molecule has 3 heteroatoms. The molecule has 3 aromatic carbocycles. The largest absolute Gasteiger partial charge is 0.481 e. The Morgan fingerprint density at radius 1 is 0.833 bits per heavy atom. The SMILES string of the molecule is COc1ncc(-c2ccccc2)cc1C(C(=O)Cc1ccccc1)c1ccccc1. The van der Waals surface area contributed by atoms with Crippen molar-refractivity contribution in [3.05, 3.63) is 120 Å². The van der Waals surface area contributed by atoms with Crippen LogP contribution in [-0.2, 0) is 11.2 Å². The Morgan fingerprint density at radius 2 is 1.43 bits per heavy atom. The summed E-state index contributed by atoms with van der Waals surface area (Å²) in [5.41, 5.74) is 4.72. The van der Waals surface area contributed by atoms with E-state index in [0.29, 0.717) is 12.3 Å². The van der Waals surface area contributed by atoms with Gasteiger partial charge in [-0.1, -0.05) is 91.0 Å². The summed E-state index contributed by atoms with van der Waals surface area (Å²) in [5, 5.41) is 0. The second kappa shape index (κ2) is 9.19. The fourth-order valence-corrected chi connectivity index (χ4v) is 3.72. The molecule has 30 heavy (non-hydrogen) atoms. The fourth-order valence-electron chi connectivity index (χ4n) is 3.72. The van der Waals surface area contributed by atoms with Gasteiger partial charge in [-0.05, 0) is 22.8 Å². The predicted octanol–water partition coefficient (Wildman–Crippen LogP) is 5.70. The molecule has 1 atom stereocenters. The van der Waals surface area contributed by atoms with Crippen LogP contribution in [0.15, 0.2) is 103 Å². The first-order valence-electron chi connectivity index (χ1n) is 9.97. The zero-order valence-electron chi connectivity index (χ0n) is 16.9. The molecule has 3 nitrogen and oxygen atoms in total. The number of hydrogen-bond acceptors (Lipinski definition) is 3. The number of ketones is 1. The molecule has 1 unspecified atom stereocenters. The van der Waals surface area contributed by atoms with Gasteiger partial charge < -0.3 is 4.74 Å². The van der Waals surface area contributed by atoms with Crippen molar-refractivity contribution in [3.8, 4) is 17.0 Å². The minimum absolute atomic E-state index is 0.109. The highest BCUT2D eigenvalue weighted by Crippen LogP contribution is 2.35. The highest BCUT2D eigenvalue weighted by molar-refractivity contribution is 5.91. The number of carbonyl (C=O) groups is 1. The maximum absolute atomic E-state index is 13.5. The van der Waals surface area contributed by atoms with E-state index in [1.165, 1.54) is 0 Å². The molecule has 0 aliphatic rings. The molecule has 0 saturated carbocycles. The van der Waals surface area contributed by atoms with Crippen LogP contribution in [0, 0.1) is 0 Å². The number of rotatable bonds is 7. The molecule has 0 spiro atoms. The number of nitrogens with zero attached hydrogens (tertiary/aromatic N) is 1. The first-order valence-corrected chi connectivity index (χ1v) is 9.97. The Labute approximate surface area is 177 Å². The lowest BCUT2D eigenvalue weighted by molar-refractivity contribution is -0.119. The van der Waals surface area contributed by atoms with Crippen LogP contribution in [0.25, 0.3) is 11.1 Å². The van der Waals surface area contributed by atoms with Gasteiger partial charge in [-0.2, -0.15) is 0 Å². The van der Waals surface area contributed by atoms with Gasteiger partial charge in [0.15, 0.2) is 0 Å². The molecular formula is C27H23NO2. The van der Waals surface area contributed by atoms with Crippen LogP contribution in [0.4, 0.5) is 0 Å². The number of carbonyl (C=O) groups excluding carboxylic acids is 1. The van der Waals surface area contributed by atoms with Crippen molar-refractivity contribution >= 4 is 5.78 Å². The first kappa shape index (κ1) is 19.6. The molecule has 0 fully saturated rings. The van der Waals surface area contributed by atoms with Gasteiger partial charge in [-0.15, -0.1) is 0 Å². The van der Waals surface area contributed by atoms with Crippen molar-refractivity contribution in [2.45, 2.75) is 12.3 Å². The van der Waals surface area contributed by atoms with Crippen LogP contribution in [-0.4, -0.2) is 17.9 Å². The number of Topliss-reactive ketones (excluding diaryl/α,β-unsaturated/α-hetero) is 1. The Morgan fingerprint density at radius 3 is 2.07 bits per heavy atom. The van der Waals surface area contributed by atoms with Gasteiger partial charge in [0.05, 0.1) is 13.0 Å². The number of ether oxygens (including phenoxy) is 1. The maximum atomic E-state index is 13.5. The van der Waals surface area contributed by atoms with E-state index in [1.54, 1.807) is 13.3 Å². The number of benzene rings is 3. The lowest BCUT2D eigenvalue weighted by Crippen LogP contribution is -2.18. The second-order valence-electron chi connectivity index (χ2n) is 7.16. The molecule has 1 heterocycles. The third kappa shape index (κ3) is 4.31. The average Bonchev–Trinajstić information content (AvgIpc) is 2.81. The molecule has 0 aliphatic heterocycles. The quantitative estimate of drug-likeness (QED) is 0.404. The molecular weight excluding hydrogens is 370 g/mol. The molecule has 0 N–H and O–H groups in total. The summed E-state index contributed by atoms with van der Waals surface area (Å²) in [7, 11) is 1.59.